The summed E-state index contributed by atoms with van der Waals surface area (Å²) in [7, 11) is 1.96. The molecule has 1 aromatic heterocycles. The van der Waals surface area contributed by atoms with Crippen molar-refractivity contribution in [3.8, 4) is 0 Å². The summed E-state index contributed by atoms with van der Waals surface area (Å²) in [5.41, 5.74) is 1.22. The molecule has 0 aliphatic carbocycles. The van der Waals surface area contributed by atoms with E-state index in [1.165, 1.54) is 14.0 Å². The summed E-state index contributed by atoms with van der Waals surface area (Å²) in [6.45, 7) is 0. The summed E-state index contributed by atoms with van der Waals surface area (Å²) in [5.74, 6) is 0. The molecule has 0 spiro atoms. The third kappa shape index (κ3) is 3.30. The van der Waals surface area contributed by atoms with E-state index >= 15 is 0 Å². The minimum atomic E-state index is 0.142. The fourth-order valence-corrected chi connectivity index (χ4v) is 4.55. The van der Waals surface area contributed by atoms with Gasteiger partial charge in [0.2, 0.25) is 0 Å². The minimum Gasteiger partial charge on any atom is -0.309 e. The maximum Gasteiger partial charge on any atom is 0.107 e. The normalized spacial score (nSPS) is 12.7. The van der Waals surface area contributed by atoms with Gasteiger partial charge in [0.15, 0.2) is 0 Å². The molecular weight excluding hydrogens is 512 g/mol. The van der Waals surface area contributed by atoms with Gasteiger partial charge in [0.25, 0.3) is 0 Å². The summed E-state index contributed by atoms with van der Waals surface area (Å²) >= 11 is 17.1. The molecule has 1 N–H and O–H groups in total. The highest BCUT2D eigenvalue weighted by molar-refractivity contribution is 14.1. The number of nitrogens with one attached hydrogen (secondary N) is 1. The highest BCUT2D eigenvalue weighted by Crippen LogP contribution is 2.39. The Bertz CT molecular complexity index is 554. The van der Waals surface area contributed by atoms with Crippen molar-refractivity contribution in [1.29, 1.82) is 0 Å². The lowest BCUT2D eigenvalue weighted by molar-refractivity contribution is 0.700. The SMILES string of the molecule is CNC(c1cc(Br)c(Cl)s1)c1cc(I)ccc1Br. The van der Waals surface area contributed by atoms with Gasteiger partial charge < -0.3 is 5.32 Å². The van der Waals surface area contributed by atoms with Crippen molar-refractivity contribution in [2.24, 2.45) is 0 Å². The monoisotopic (exact) mass is 519 g/mol. The van der Waals surface area contributed by atoms with Crippen LogP contribution in [0.4, 0.5) is 0 Å². The molecule has 96 valence electrons. The zero-order chi connectivity index (χ0) is 13.3. The van der Waals surface area contributed by atoms with E-state index in [1.54, 1.807) is 11.3 Å². The van der Waals surface area contributed by atoms with Crippen LogP contribution in [0.15, 0.2) is 33.2 Å². The zero-order valence-corrected chi connectivity index (χ0v) is 16.2. The first-order valence-corrected chi connectivity index (χ1v) is 8.95. The van der Waals surface area contributed by atoms with E-state index in [0.29, 0.717) is 0 Å². The fourth-order valence-electron chi connectivity index (χ4n) is 1.69. The first-order chi connectivity index (χ1) is 8.52. The molecule has 0 aliphatic rings. The number of rotatable bonds is 3. The molecule has 0 bridgehead atoms. The largest absolute Gasteiger partial charge is 0.309 e. The van der Waals surface area contributed by atoms with Gasteiger partial charge in [-0.3, -0.25) is 0 Å². The Balaban J connectivity index is 2.48. The molecule has 2 rings (SSSR count). The highest BCUT2D eigenvalue weighted by atomic mass is 127. The molecule has 1 aromatic carbocycles. The first kappa shape index (κ1) is 15.3. The molecular formula is C12H9Br2ClINS. The quantitative estimate of drug-likeness (QED) is 0.501. The maximum absolute atomic E-state index is 6.12. The summed E-state index contributed by atoms with van der Waals surface area (Å²) in [6.07, 6.45) is 0. The van der Waals surface area contributed by atoms with Crippen LogP contribution in [0.3, 0.4) is 0 Å². The second kappa shape index (κ2) is 6.54. The van der Waals surface area contributed by atoms with Gasteiger partial charge in [-0.15, -0.1) is 11.3 Å². The Morgan fingerprint density at radius 3 is 2.56 bits per heavy atom. The van der Waals surface area contributed by atoms with Gasteiger partial charge in [0.05, 0.1) is 6.04 Å². The summed E-state index contributed by atoms with van der Waals surface area (Å²) in [4.78, 5) is 1.19. The van der Waals surface area contributed by atoms with E-state index < -0.39 is 0 Å². The van der Waals surface area contributed by atoms with Crippen molar-refractivity contribution in [3.05, 3.63) is 51.6 Å². The molecule has 1 heterocycles. The van der Waals surface area contributed by atoms with Crippen LogP contribution in [0.25, 0.3) is 0 Å². The lowest BCUT2D eigenvalue weighted by Crippen LogP contribution is -2.17. The van der Waals surface area contributed by atoms with Gasteiger partial charge in [0, 0.05) is 17.4 Å². The molecule has 1 unspecified atom stereocenters. The van der Waals surface area contributed by atoms with Crippen LogP contribution >= 0.6 is 77.4 Å². The minimum absolute atomic E-state index is 0.142. The lowest BCUT2D eigenvalue weighted by Gasteiger charge is -2.17. The number of benzene rings is 1. The number of thiophene rings is 1. The van der Waals surface area contributed by atoms with Crippen LogP contribution in [-0.4, -0.2) is 7.05 Å². The van der Waals surface area contributed by atoms with Crippen molar-refractivity contribution >= 4 is 77.4 Å². The van der Waals surface area contributed by atoms with Gasteiger partial charge >= 0.3 is 0 Å². The van der Waals surface area contributed by atoms with Crippen LogP contribution < -0.4 is 5.32 Å². The van der Waals surface area contributed by atoms with Gasteiger partial charge in [0.1, 0.15) is 4.34 Å². The van der Waals surface area contributed by atoms with Gasteiger partial charge in [-0.1, -0.05) is 27.5 Å². The summed E-state index contributed by atoms with van der Waals surface area (Å²) < 4.78 is 4.05. The lowest BCUT2D eigenvalue weighted by atomic mass is 10.1. The Morgan fingerprint density at radius 2 is 2.00 bits per heavy atom. The number of hydrogen-bond acceptors (Lipinski definition) is 2. The van der Waals surface area contributed by atoms with E-state index in [4.69, 9.17) is 11.6 Å². The van der Waals surface area contributed by atoms with Crippen LogP contribution in [0, 0.1) is 3.57 Å². The van der Waals surface area contributed by atoms with E-state index in [1.807, 2.05) is 7.05 Å². The Kier molecular flexibility index (Phi) is 5.54. The Labute approximate surface area is 146 Å². The molecule has 1 nitrogen and oxygen atoms in total. The van der Waals surface area contributed by atoms with Crippen LogP contribution in [-0.2, 0) is 0 Å². The maximum atomic E-state index is 6.12. The van der Waals surface area contributed by atoms with Gasteiger partial charge in [-0.25, -0.2) is 0 Å². The van der Waals surface area contributed by atoms with Crippen molar-refractivity contribution in [2.45, 2.75) is 6.04 Å². The second-order valence-electron chi connectivity index (χ2n) is 3.66. The van der Waals surface area contributed by atoms with Crippen LogP contribution in [0.5, 0.6) is 0 Å². The Morgan fingerprint density at radius 1 is 1.28 bits per heavy atom. The molecule has 0 radical (unpaired) electrons. The average Bonchev–Trinajstić information content (AvgIpc) is 2.65. The van der Waals surface area contributed by atoms with Gasteiger partial charge in [-0.2, -0.15) is 0 Å². The van der Waals surface area contributed by atoms with E-state index in [2.05, 4.69) is 84.0 Å². The second-order valence-corrected chi connectivity index (χ2v) is 8.30. The molecule has 2 aromatic rings. The van der Waals surface area contributed by atoms with Crippen molar-refractivity contribution in [2.75, 3.05) is 7.05 Å². The molecule has 0 saturated heterocycles. The summed E-state index contributed by atoms with van der Waals surface area (Å²) in [6, 6.07) is 8.54. The summed E-state index contributed by atoms with van der Waals surface area (Å²) in [5, 5.41) is 3.34. The van der Waals surface area contributed by atoms with Crippen molar-refractivity contribution in [1.82, 2.24) is 5.32 Å². The number of hydrogen-bond donors (Lipinski definition) is 1. The molecule has 0 aliphatic heterocycles. The highest BCUT2D eigenvalue weighted by Gasteiger charge is 2.18. The molecule has 0 fully saturated rings. The van der Waals surface area contributed by atoms with Crippen LogP contribution in [0.1, 0.15) is 16.5 Å². The predicted octanol–water partition coefficient (Wildman–Crippen LogP) is 5.84. The standard InChI is InChI=1S/C12H9Br2ClINS/c1-17-11(10-5-9(14)12(15)18-10)7-4-6(16)2-3-8(7)13/h2-5,11,17H,1H3. The third-order valence-corrected chi connectivity index (χ3v) is 6.44. The fraction of sp³-hybridized carbons (Fsp3) is 0.167. The van der Waals surface area contributed by atoms with Crippen molar-refractivity contribution < 1.29 is 0 Å². The first-order valence-electron chi connectivity index (χ1n) is 5.10. The average molecular weight is 521 g/mol. The van der Waals surface area contributed by atoms with Gasteiger partial charge in [-0.05, 0) is 75.4 Å². The van der Waals surface area contributed by atoms with E-state index in [0.717, 1.165) is 13.3 Å². The van der Waals surface area contributed by atoms with E-state index in [-0.39, 0.29) is 6.04 Å². The van der Waals surface area contributed by atoms with E-state index in [9.17, 15) is 0 Å². The Hall–Kier alpha value is 0.860. The van der Waals surface area contributed by atoms with Crippen molar-refractivity contribution in [3.63, 3.8) is 0 Å². The topological polar surface area (TPSA) is 12.0 Å². The predicted molar refractivity (Wildman–Crippen MR) is 94.8 cm³/mol. The molecule has 6 heteroatoms. The molecule has 0 saturated carbocycles. The number of halogens is 4. The smallest absolute Gasteiger partial charge is 0.107 e. The molecule has 18 heavy (non-hydrogen) atoms. The van der Waals surface area contributed by atoms with Crippen LogP contribution in [0.2, 0.25) is 4.34 Å². The molecule has 0 amide bonds. The molecule has 1 atom stereocenters. The third-order valence-electron chi connectivity index (χ3n) is 2.51. The zero-order valence-electron chi connectivity index (χ0n) is 9.31.